The molecule has 0 aliphatic heterocycles. The highest BCUT2D eigenvalue weighted by Gasteiger charge is 2.09. The lowest BCUT2D eigenvalue weighted by molar-refractivity contribution is 0.271. The van der Waals surface area contributed by atoms with Gasteiger partial charge in [0.15, 0.2) is 5.65 Å². The Morgan fingerprint density at radius 3 is 3.00 bits per heavy atom. The molecule has 5 nitrogen and oxygen atoms in total. The fourth-order valence-electron chi connectivity index (χ4n) is 1.56. The molecule has 5 heteroatoms. The van der Waals surface area contributed by atoms with Crippen molar-refractivity contribution in [2.45, 2.75) is 26.3 Å². The standard InChI is InChI=1S/C11H16N4O/c1-3-9(7-16)12-11-13-10-8(2)5-4-6-15(10)14-11/h4-6,9,16H,3,7H2,1-2H3,(H,12,14). The number of aryl methyl sites for hydroxylation is 1. The highest BCUT2D eigenvalue weighted by molar-refractivity contribution is 5.49. The van der Waals surface area contributed by atoms with Gasteiger partial charge in [-0.25, -0.2) is 4.52 Å². The van der Waals surface area contributed by atoms with Crippen LogP contribution in [0.15, 0.2) is 18.3 Å². The third-order valence-electron chi connectivity index (χ3n) is 2.60. The van der Waals surface area contributed by atoms with Crippen molar-refractivity contribution in [2.75, 3.05) is 11.9 Å². The molecule has 0 bridgehead atoms. The van der Waals surface area contributed by atoms with E-state index in [4.69, 9.17) is 5.11 Å². The predicted molar refractivity (Wildman–Crippen MR) is 62.5 cm³/mol. The van der Waals surface area contributed by atoms with E-state index in [0.717, 1.165) is 17.6 Å². The number of aliphatic hydroxyl groups excluding tert-OH is 1. The van der Waals surface area contributed by atoms with Crippen LogP contribution in [0.2, 0.25) is 0 Å². The predicted octanol–water partition coefficient (Wildman–Crippen LogP) is 1.22. The zero-order valence-corrected chi connectivity index (χ0v) is 9.51. The molecular formula is C11H16N4O. The zero-order valence-electron chi connectivity index (χ0n) is 9.51. The maximum atomic E-state index is 9.09. The van der Waals surface area contributed by atoms with Crippen molar-refractivity contribution in [1.82, 2.24) is 14.6 Å². The number of nitrogens with one attached hydrogen (secondary N) is 1. The minimum Gasteiger partial charge on any atom is -0.394 e. The molecule has 86 valence electrons. The van der Waals surface area contributed by atoms with E-state index in [1.165, 1.54) is 0 Å². The van der Waals surface area contributed by atoms with Gasteiger partial charge in [-0.15, -0.1) is 5.10 Å². The van der Waals surface area contributed by atoms with E-state index in [-0.39, 0.29) is 12.6 Å². The third-order valence-corrected chi connectivity index (χ3v) is 2.60. The number of aromatic nitrogens is 3. The van der Waals surface area contributed by atoms with E-state index in [1.807, 2.05) is 32.2 Å². The molecule has 0 amide bonds. The molecular weight excluding hydrogens is 204 g/mol. The molecule has 0 aliphatic carbocycles. The minimum absolute atomic E-state index is 0.0118. The highest BCUT2D eigenvalue weighted by Crippen LogP contribution is 2.10. The zero-order chi connectivity index (χ0) is 11.5. The number of nitrogens with zero attached hydrogens (tertiary/aromatic N) is 3. The molecule has 2 N–H and O–H groups in total. The number of pyridine rings is 1. The number of rotatable bonds is 4. The summed E-state index contributed by atoms with van der Waals surface area (Å²) in [5, 5.41) is 16.5. The first-order chi connectivity index (χ1) is 7.74. The van der Waals surface area contributed by atoms with Gasteiger partial charge in [0.1, 0.15) is 0 Å². The molecule has 0 saturated carbocycles. The van der Waals surface area contributed by atoms with Crippen LogP contribution in [0.4, 0.5) is 5.95 Å². The largest absolute Gasteiger partial charge is 0.394 e. The van der Waals surface area contributed by atoms with Gasteiger partial charge in [0.25, 0.3) is 0 Å². The van der Waals surface area contributed by atoms with Gasteiger partial charge < -0.3 is 10.4 Å². The summed E-state index contributed by atoms with van der Waals surface area (Å²) in [6.07, 6.45) is 2.70. The van der Waals surface area contributed by atoms with Crippen LogP contribution in [0, 0.1) is 6.92 Å². The number of aliphatic hydroxyl groups is 1. The van der Waals surface area contributed by atoms with Crippen molar-refractivity contribution in [3.05, 3.63) is 23.9 Å². The molecule has 1 unspecified atom stereocenters. The summed E-state index contributed by atoms with van der Waals surface area (Å²) in [5.41, 5.74) is 1.93. The fourth-order valence-corrected chi connectivity index (χ4v) is 1.56. The summed E-state index contributed by atoms with van der Waals surface area (Å²) in [6, 6.07) is 3.94. The van der Waals surface area contributed by atoms with Crippen molar-refractivity contribution in [3.63, 3.8) is 0 Å². The average molecular weight is 220 g/mol. The van der Waals surface area contributed by atoms with Gasteiger partial charge in [-0.3, -0.25) is 0 Å². The van der Waals surface area contributed by atoms with Crippen LogP contribution in [-0.2, 0) is 0 Å². The first-order valence-electron chi connectivity index (χ1n) is 5.44. The Kier molecular flexibility index (Phi) is 3.05. The summed E-state index contributed by atoms with van der Waals surface area (Å²) in [4.78, 5) is 4.38. The Morgan fingerprint density at radius 1 is 1.56 bits per heavy atom. The number of hydrogen-bond acceptors (Lipinski definition) is 4. The molecule has 0 aliphatic rings. The van der Waals surface area contributed by atoms with E-state index >= 15 is 0 Å². The molecule has 0 fully saturated rings. The van der Waals surface area contributed by atoms with E-state index in [0.29, 0.717) is 5.95 Å². The van der Waals surface area contributed by atoms with Gasteiger partial charge in [0.05, 0.1) is 12.6 Å². The van der Waals surface area contributed by atoms with Crippen LogP contribution in [0.5, 0.6) is 0 Å². The molecule has 0 radical (unpaired) electrons. The summed E-state index contributed by atoms with van der Waals surface area (Å²) < 4.78 is 1.74. The molecule has 0 spiro atoms. The van der Waals surface area contributed by atoms with Crippen molar-refractivity contribution in [1.29, 1.82) is 0 Å². The van der Waals surface area contributed by atoms with Crippen LogP contribution in [0.1, 0.15) is 18.9 Å². The summed E-state index contributed by atoms with van der Waals surface area (Å²) in [7, 11) is 0. The topological polar surface area (TPSA) is 62.5 Å². The molecule has 0 aromatic carbocycles. The molecule has 0 saturated heterocycles. The van der Waals surface area contributed by atoms with Crippen LogP contribution < -0.4 is 5.32 Å². The fraction of sp³-hybridized carbons (Fsp3) is 0.455. The Bertz CT molecular complexity index is 476. The average Bonchev–Trinajstić information content (AvgIpc) is 2.70. The minimum atomic E-state index is 0.0118. The Hall–Kier alpha value is -1.62. The van der Waals surface area contributed by atoms with Gasteiger partial charge in [0, 0.05) is 6.20 Å². The van der Waals surface area contributed by atoms with Crippen molar-refractivity contribution in [3.8, 4) is 0 Å². The smallest absolute Gasteiger partial charge is 0.243 e. The summed E-state index contributed by atoms with van der Waals surface area (Å²) in [6.45, 7) is 4.09. The van der Waals surface area contributed by atoms with Gasteiger partial charge in [-0.05, 0) is 25.0 Å². The molecule has 2 heterocycles. The Morgan fingerprint density at radius 2 is 2.38 bits per heavy atom. The highest BCUT2D eigenvalue weighted by atomic mass is 16.3. The molecule has 2 aromatic rings. The lowest BCUT2D eigenvalue weighted by Gasteiger charge is -2.11. The Balaban J connectivity index is 2.29. The third kappa shape index (κ3) is 1.99. The molecule has 16 heavy (non-hydrogen) atoms. The van der Waals surface area contributed by atoms with Gasteiger partial charge in [-0.2, -0.15) is 4.98 Å². The second-order valence-electron chi connectivity index (χ2n) is 3.83. The van der Waals surface area contributed by atoms with E-state index in [1.54, 1.807) is 4.52 Å². The first-order valence-corrected chi connectivity index (χ1v) is 5.44. The molecule has 1 atom stereocenters. The lowest BCUT2D eigenvalue weighted by atomic mass is 10.2. The second-order valence-corrected chi connectivity index (χ2v) is 3.83. The normalized spacial score (nSPS) is 12.9. The second kappa shape index (κ2) is 4.49. The van der Waals surface area contributed by atoms with E-state index < -0.39 is 0 Å². The number of fused-ring (bicyclic) bond motifs is 1. The monoisotopic (exact) mass is 220 g/mol. The maximum Gasteiger partial charge on any atom is 0.243 e. The quantitative estimate of drug-likeness (QED) is 0.813. The van der Waals surface area contributed by atoms with Gasteiger partial charge in [-0.1, -0.05) is 13.0 Å². The van der Waals surface area contributed by atoms with Crippen LogP contribution in [-0.4, -0.2) is 32.4 Å². The maximum absolute atomic E-state index is 9.09. The van der Waals surface area contributed by atoms with E-state index in [9.17, 15) is 0 Å². The van der Waals surface area contributed by atoms with Crippen LogP contribution in [0.25, 0.3) is 5.65 Å². The van der Waals surface area contributed by atoms with Gasteiger partial charge in [0.2, 0.25) is 5.95 Å². The number of hydrogen-bond donors (Lipinski definition) is 2. The lowest BCUT2D eigenvalue weighted by Crippen LogP contribution is -2.23. The molecule has 2 aromatic heterocycles. The van der Waals surface area contributed by atoms with Crippen LogP contribution >= 0.6 is 0 Å². The Labute approximate surface area is 94.1 Å². The summed E-state index contributed by atoms with van der Waals surface area (Å²) in [5.74, 6) is 0.565. The number of anilines is 1. The molecule has 2 rings (SSSR count). The van der Waals surface area contributed by atoms with Gasteiger partial charge >= 0.3 is 0 Å². The summed E-state index contributed by atoms with van der Waals surface area (Å²) >= 11 is 0. The van der Waals surface area contributed by atoms with Crippen molar-refractivity contribution < 1.29 is 5.11 Å². The van der Waals surface area contributed by atoms with Crippen molar-refractivity contribution in [2.24, 2.45) is 0 Å². The first kappa shape index (κ1) is 10.9. The SMILES string of the molecule is CCC(CO)Nc1nc2c(C)cccn2n1. The van der Waals surface area contributed by atoms with Crippen LogP contribution in [0.3, 0.4) is 0 Å². The van der Waals surface area contributed by atoms with Crippen molar-refractivity contribution >= 4 is 11.6 Å². The van der Waals surface area contributed by atoms with E-state index in [2.05, 4.69) is 15.4 Å².